The predicted octanol–water partition coefficient (Wildman–Crippen LogP) is 5.21. The summed E-state index contributed by atoms with van der Waals surface area (Å²) in [5, 5.41) is 8.91. The highest BCUT2D eigenvalue weighted by atomic mass is 32.1. The summed E-state index contributed by atoms with van der Waals surface area (Å²) in [6.07, 6.45) is 3.48. The van der Waals surface area contributed by atoms with Crippen molar-refractivity contribution in [2.24, 2.45) is 0 Å². The zero-order valence-electron chi connectivity index (χ0n) is 15.6. The molecule has 1 amide bonds. The summed E-state index contributed by atoms with van der Waals surface area (Å²) in [5.41, 5.74) is 3.92. The number of carbonyl (C=O) groups excluding carboxylic acids is 1. The first kappa shape index (κ1) is 18.6. The third kappa shape index (κ3) is 4.41. The molecule has 2 N–H and O–H groups in total. The van der Waals surface area contributed by atoms with Crippen molar-refractivity contribution in [1.82, 2.24) is 9.97 Å². The van der Waals surface area contributed by atoms with Crippen molar-refractivity contribution in [3.8, 4) is 17.0 Å². The Morgan fingerprint density at radius 2 is 1.83 bits per heavy atom. The van der Waals surface area contributed by atoms with Crippen LogP contribution < -0.4 is 15.4 Å². The maximum absolute atomic E-state index is 12.5. The van der Waals surface area contributed by atoms with Crippen molar-refractivity contribution >= 4 is 33.8 Å². The molecule has 0 unspecified atom stereocenters. The molecule has 0 bridgehead atoms. The average molecular weight is 402 g/mol. The zero-order chi connectivity index (χ0) is 20.1. The van der Waals surface area contributed by atoms with Crippen molar-refractivity contribution in [1.29, 1.82) is 0 Å². The van der Waals surface area contributed by atoms with E-state index in [0.29, 0.717) is 17.0 Å². The topological polar surface area (TPSA) is 76.1 Å². The number of benzene rings is 2. The lowest BCUT2D eigenvalue weighted by Crippen LogP contribution is -2.12. The number of para-hydroxylation sites is 1. The van der Waals surface area contributed by atoms with Gasteiger partial charge in [-0.2, -0.15) is 0 Å². The van der Waals surface area contributed by atoms with Gasteiger partial charge in [0, 0.05) is 22.8 Å². The number of rotatable bonds is 6. The summed E-state index contributed by atoms with van der Waals surface area (Å²) in [4.78, 5) is 21.2. The molecule has 0 atom stereocenters. The number of methoxy groups -OCH3 is 1. The van der Waals surface area contributed by atoms with Gasteiger partial charge in [-0.3, -0.25) is 9.78 Å². The molecule has 0 saturated carbocycles. The second-order valence-corrected chi connectivity index (χ2v) is 6.99. The van der Waals surface area contributed by atoms with Crippen molar-refractivity contribution < 1.29 is 9.53 Å². The van der Waals surface area contributed by atoms with Crippen LogP contribution in [0.2, 0.25) is 0 Å². The lowest BCUT2D eigenvalue weighted by Gasteiger charge is -2.09. The van der Waals surface area contributed by atoms with E-state index in [1.165, 1.54) is 11.3 Å². The molecule has 4 rings (SSSR count). The summed E-state index contributed by atoms with van der Waals surface area (Å²) in [6, 6.07) is 18.5. The van der Waals surface area contributed by atoms with Gasteiger partial charge in [-0.15, -0.1) is 11.3 Å². The molecule has 2 heterocycles. The number of aromatic nitrogens is 2. The molecule has 0 fully saturated rings. The van der Waals surface area contributed by atoms with Gasteiger partial charge in [0.25, 0.3) is 5.91 Å². The Morgan fingerprint density at radius 3 is 2.59 bits per heavy atom. The van der Waals surface area contributed by atoms with Gasteiger partial charge in [0.2, 0.25) is 0 Å². The van der Waals surface area contributed by atoms with Crippen molar-refractivity contribution in [2.45, 2.75) is 0 Å². The fraction of sp³-hybridized carbons (Fsp3) is 0.0455. The van der Waals surface area contributed by atoms with Gasteiger partial charge < -0.3 is 15.4 Å². The number of nitrogens with one attached hydrogen (secondary N) is 2. The molecule has 0 saturated heterocycles. The number of thiazole rings is 1. The molecule has 0 aliphatic heterocycles. The quantitative estimate of drug-likeness (QED) is 0.463. The largest absolute Gasteiger partial charge is 0.496 e. The van der Waals surface area contributed by atoms with Gasteiger partial charge in [-0.1, -0.05) is 24.3 Å². The normalized spacial score (nSPS) is 10.4. The minimum Gasteiger partial charge on any atom is -0.496 e. The van der Waals surface area contributed by atoms with Crippen LogP contribution in [0.25, 0.3) is 11.3 Å². The fourth-order valence-corrected chi connectivity index (χ4v) is 3.52. The average Bonchev–Trinajstić information content (AvgIpc) is 3.23. The van der Waals surface area contributed by atoms with Crippen LogP contribution in [0.15, 0.2) is 78.4 Å². The Hall–Kier alpha value is -3.71. The molecule has 0 radical (unpaired) electrons. The van der Waals surface area contributed by atoms with Crippen LogP contribution in [0, 0.1) is 0 Å². The lowest BCUT2D eigenvalue weighted by molar-refractivity contribution is 0.102. The van der Waals surface area contributed by atoms with Crippen LogP contribution in [-0.2, 0) is 0 Å². The fourth-order valence-electron chi connectivity index (χ4n) is 2.78. The highest BCUT2D eigenvalue weighted by Crippen LogP contribution is 2.28. The molecule has 144 valence electrons. The van der Waals surface area contributed by atoms with E-state index < -0.39 is 0 Å². The standard InChI is InChI=1S/C22H18N4O2S/c1-28-20-7-3-2-6-18(20)21(27)24-16-10-8-15(9-11-16)19-14-29-22(26-19)25-17-5-4-12-23-13-17/h2-14H,1H3,(H,24,27)(H,25,26). The van der Waals surface area contributed by atoms with E-state index in [1.54, 1.807) is 37.7 Å². The van der Waals surface area contributed by atoms with Gasteiger partial charge in [0.1, 0.15) is 5.75 Å². The van der Waals surface area contributed by atoms with Crippen LogP contribution in [-0.4, -0.2) is 23.0 Å². The van der Waals surface area contributed by atoms with E-state index in [1.807, 2.05) is 47.8 Å². The van der Waals surface area contributed by atoms with Crippen molar-refractivity contribution in [2.75, 3.05) is 17.7 Å². The summed E-state index contributed by atoms with van der Waals surface area (Å²) in [7, 11) is 1.55. The summed E-state index contributed by atoms with van der Waals surface area (Å²) < 4.78 is 5.25. The van der Waals surface area contributed by atoms with E-state index in [4.69, 9.17) is 4.74 Å². The number of hydrogen-bond acceptors (Lipinski definition) is 6. The number of amides is 1. The molecule has 2 aromatic heterocycles. The van der Waals surface area contributed by atoms with Gasteiger partial charge in [0.15, 0.2) is 5.13 Å². The maximum atomic E-state index is 12.5. The minimum absolute atomic E-state index is 0.216. The third-order valence-corrected chi connectivity index (χ3v) is 4.96. The number of anilines is 3. The molecule has 2 aromatic carbocycles. The summed E-state index contributed by atoms with van der Waals surface area (Å²) >= 11 is 1.52. The number of hydrogen-bond donors (Lipinski definition) is 2. The molecule has 6 nitrogen and oxygen atoms in total. The van der Waals surface area contributed by atoms with E-state index in [2.05, 4.69) is 20.6 Å². The van der Waals surface area contributed by atoms with Crippen molar-refractivity contribution in [3.05, 3.63) is 84.0 Å². The third-order valence-electron chi connectivity index (χ3n) is 4.21. The SMILES string of the molecule is COc1ccccc1C(=O)Nc1ccc(-c2csc(Nc3cccnc3)n2)cc1. The van der Waals surface area contributed by atoms with Crippen LogP contribution in [0.4, 0.5) is 16.5 Å². The van der Waals surface area contributed by atoms with Crippen LogP contribution >= 0.6 is 11.3 Å². The molecule has 0 spiro atoms. The number of carbonyl (C=O) groups is 1. The van der Waals surface area contributed by atoms with Gasteiger partial charge in [-0.25, -0.2) is 4.98 Å². The van der Waals surface area contributed by atoms with E-state index in [-0.39, 0.29) is 5.91 Å². The Kier molecular flexibility index (Phi) is 5.49. The first-order valence-electron chi connectivity index (χ1n) is 8.90. The lowest BCUT2D eigenvalue weighted by atomic mass is 10.1. The second kappa shape index (κ2) is 8.53. The van der Waals surface area contributed by atoms with Crippen LogP contribution in [0.3, 0.4) is 0 Å². The Balaban J connectivity index is 1.45. The number of pyridine rings is 1. The summed E-state index contributed by atoms with van der Waals surface area (Å²) in [5.74, 6) is 0.324. The molecule has 4 aromatic rings. The van der Waals surface area contributed by atoms with Gasteiger partial charge in [0.05, 0.1) is 30.3 Å². The Labute approximate surface area is 172 Å². The van der Waals surface area contributed by atoms with Gasteiger partial charge in [-0.05, 0) is 36.4 Å². The molecule has 29 heavy (non-hydrogen) atoms. The van der Waals surface area contributed by atoms with Crippen molar-refractivity contribution in [3.63, 3.8) is 0 Å². The van der Waals surface area contributed by atoms with Gasteiger partial charge >= 0.3 is 0 Å². The minimum atomic E-state index is -0.216. The molecule has 0 aliphatic carbocycles. The monoisotopic (exact) mass is 402 g/mol. The first-order valence-corrected chi connectivity index (χ1v) is 9.78. The van der Waals surface area contributed by atoms with E-state index in [0.717, 1.165) is 22.1 Å². The van der Waals surface area contributed by atoms with Crippen LogP contribution in [0.1, 0.15) is 10.4 Å². The molecular formula is C22H18N4O2S. The highest BCUT2D eigenvalue weighted by Gasteiger charge is 2.12. The molecule has 0 aliphatic rings. The smallest absolute Gasteiger partial charge is 0.259 e. The first-order chi connectivity index (χ1) is 14.2. The van der Waals surface area contributed by atoms with E-state index >= 15 is 0 Å². The summed E-state index contributed by atoms with van der Waals surface area (Å²) in [6.45, 7) is 0. The Bertz CT molecular complexity index is 1110. The predicted molar refractivity (Wildman–Crippen MR) is 116 cm³/mol. The number of nitrogens with zero attached hydrogens (tertiary/aromatic N) is 2. The van der Waals surface area contributed by atoms with Crippen LogP contribution in [0.5, 0.6) is 5.75 Å². The second-order valence-electron chi connectivity index (χ2n) is 6.14. The van der Waals surface area contributed by atoms with E-state index in [9.17, 15) is 4.79 Å². The maximum Gasteiger partial charge on any atom is 0.259 e. The molecular weight excluding hydrogens is 384 g/mol. The number of ether oxygens (including phenoxy) is 1. The Morgan fingerprint density at radius 1 is 1.00 bits per heavy atom. The molecule has 7 heteroatoms. The zero-order valence-corrected chi connectivity index (χ0v) is 16.4. The highest BCUT2D eigenvalue weighted by molar-refractivity contribution is 7.14.